The summed E-state index contributed by atoms with van der Waals surface area (Å²) in [5, 5.41) is 7.80. The third kappa shape index (κ3) is 2.68. The molecule has 0 bridgehead atoms. The van der Waals surface area contributed by atoms with Gasteiger partial charge < -0.3 is 4.57 Å². The number of aryl methyl sites for hydroxylation is 2. The first-order valence-electron chi connectivity index (χ1n) is 3.12. The summed E-state index contributed by atoms with van der Waals surface area (Å²) in [4.78, 5) is 0. The van der Waals surface area contributed by atoms with Crippen molar-refractivity contribution in [1.29, 1.82) is 0 Å². The minimum absolute atomic E-state index is 0. The zero-order chi connectivity index (χ0) is 6.85. The zero-order valence-electron chi connectivity index (χ0n) is 6.50. The maximum atomic E-state index is 3.90. The average molecular weight is 192 g/mol. The third-order valence-corrected chi connectivity index (χ3v) is 1.44. The van der Waals surface area contributed by atoms with Crippen LogP contribution in [-0.4, -0.2) is 14.8 Å². The predicted molar refractivity (Wildman–Crippen MR) is 41.9 cm³/mol. The van der Waals surface area contributed by atoms with E-state index < -0.39 is 0 Å². The molecule has 0 aliphatic rings. The summed E-state index contributed by atoms with van der Waals surface area (Å²) in [6.07, 6.45) is 0. The fourth-order valence-electron chi connectivity index (χ4n) is 0.945. The molecule has 0 aliphatic carbocycles. The third-order valence-electron chi connectivity index (χ3n) is 1.44. The van der Waals surface area contributed by atoms with Crippen molar-refractivity contribution in [3.63, 3.8) is 0 Å². The number of hydrogen-bond donors (Lipinski definition) is 0. The Morgan fingerprint density at radius 2 is 1.55 bits per heavy atom. The van der Waals surface area contributed by atoms with E-state index in [4.69, 9.17) is 0 Å². The molecule has 63 valence electrons. The van der Waals surface area contributed by atoms with Crippen LogP contribution >= 0.6 is 0 Å². The number of aromatic nitrogens is 3. The Labute approximate surface area is 80.1 Å². The van der Waals surface area contributed by atoms with Crippen LogP contribution in [0.15, 0.2) is 0 Å². The van der Waals surface area contributed by atoms with Gasteiger partial charge in [0.25, 0.3) is 0 Å². The molecule has 11 heavy (non-hydrogen) atoms. The quantitative estimate of drug-likeness (QED) is 0.675. The molecule has 0 fully saturated rings. The fraction of sp³-hybridized carbons (Fsp3) is 0.714. The first-order chi connectivity index (χ1) is 4.25. The maximum absolute atomic E-state index is 3.90. The van der Waals surface area contributed by atoms with E-state index in [9.17, 15) is 0 Å². The van der Waals surface area contributed by atoms with E-state index in [1.165, 1.54) is 0 Å². The number of nitrogens with zero attached hydrogens (tertiary/aromatic N) is 3. The average Bonchev–Trinajstić information content (AvgIpc) is 2.12. The van der Waals surface area contributed by atoms with Gasteiger partial charge in [0.1, 0.15) is 11.6 Å². The maximum Gasteiger partial charge on any atom is 0.129 e. The second-order valence-corrected chi connectivity index (χ2v) is 2.04. The normalized spacial score (nSPS) is 8.27. The Bertz CT molecular complexity index is 188. The molecular weight excluding hydrogens is 177 g/mol. The van der Waals surface area contributed by atoms with Gasteiger partial charge in [-0.25, -0.2) is 0 Å². The number of rotatable bonds is 1. The number of hydrogen-bond acceptors (Lipinski definition) is 2. The van der Waals surface area contributed by atoms with Gasteiger partial charge in [0.15, 0.2) is 0 Å². The van der Waals surface area contributed by atoms with Crippen LogP contribution < -0.4 is 0 Å². The molecule has 1 aromatic heterocycles. The molecule has 0 N–H and O–H groups in total. The molecule has 3 nitrogen and oxygen atoms in total. The molecule has 0 amide bonds. The van der Waals surface area contributed by atoms with E-state index in [1.54, 1.807) is 0 Å². The van der Waals surface area contributed by atoms with Crippen LogP contribution in [0, 0.1) is 13.8 Å². The van der Waals surface area contributed by atoms with Gasteiger partial charge in [0.2, 0.25) is 0 Å². The minimum atomic E-state index is 0. The predicted octanol–water partition coefficient (Wildman–Crippen LogP) is 1.55. The molecule has 0 atom stereocenters. The van der Waals surface area contributed by atoms with E-state index in [0.29, 0.717) is 0 Å². The standard InChI is InChI=1S/C6H11N3.CH4.V/c1-4-9-5(2)7-8-6(9)3;;/h4H2,1-3H3;1H4;. The Morgan fingerprint density at radius 1 is 1.18 bits per heavy atom. The second kappa shape index (κ2) is 5.38. The van der Waals surface area contributed by atoms with E-state index in [0.717, 1.165) is 18.2 Å². The van der Waals surface area contributed by atoms with Crippen molar-refractivity contribution in [1.82, 2.24) is 14.8 Å². The molecule has 0 spiro atoms. The van der Waals surface area contributed by atoms with Crippen molar-refractivity contribution in [2.75, 3.05) is 0 Å². The van der Waals surface area contributed by atoms with E-state index in [1.807, 2.05) is 13.8 Å². The molecule has 1 heterocycles. The Hall–Kier alpha value is -0.276. The van der Waals surface area contributed by atoms with E-state index in [2.05, 4.69) is 21.7 Å². The molecule has 0 aromatic carbocycles. The fourth-order valence-corrected chi connectivity index (χ4v) is 0.945. The van der Waals surface area contributed by atoms with Crippen LogP contribution in [-0.2, 0) is 25.1 Å². The molecule has 1 rings (SSSR count). The molecule has 1 radical (unpaired) electrons. The van der Waals surface area contributed by atoms with Crippen LogP contribution in [0.5, 0.6) is 0 Å². The first kappa shape index (κ1) is 13.3. The monoisotopic (exact) mass is 192 g/mol. The summed E-state index contributed by atoms with van der Waals surface area (Å²) in [5.74, 6) is 1.99. The van der Waals surface area contributed by atoms with Crippen LogP contribution in [0.25, 0.3) is 0 Å². The Kier molecular flexibility index (Phi) is 6.52. The van der Waals surface area contributed by atoms with Gasteiger partial charge in [-0.2, -0.15) is 0 Å². The second-order valence-electron chi connectivity index (χ2n) is 2.04. The van der Waals surface area contributed by atoms with Crippen LogP contribution in [0.2, 0.25) is 0 Å². The molecular formula is C7H15N3V. The van der Waals surface area contributed by atoms with Crippen molar-refractivity contribution in [2.45, 2.75) is 34.7 Å². The van der Waals surface area contributed by atoms with Crippen molar-refractivity contribution in [2.24, 2.45) is 0 Å². The topological polar surface area (TPSA) is 30.7 Å². The van der Waals surface area contributed by atoms with Gasteiger partial charge in [0.05, 0.1) is 0 Å². The zero-order valence-corrected chi connectivity index (χ0v) is 7.89. The van der Waals surface area contributed by atoms with Gasteiger partial charge in [-0.3, -0.25) is 0 Å². The van der Waals surface area contributed by atoms with Crippen molar-refractivity contribution in [3.05, 3.63) is 11.6 Å². The molecule has 4 heteroatoms. The summed E-state index contributed by atoms with van der Waals surface area (Å²) < 4.78 is 2.07. The summed E-state index contributed by atoms with van der Waals surface area (Å²) >= 11 is 0. The van der Waals surface area contributed by atoms with Crippen LogP contribution in [0.4, 0.5) is 0 Å². The summed E-state index contributed by atoms with van der Waals surface area (Å²) in [5.41, 5.74) is 0. The largest absolute Gasteiger partial charge is 0.316 e. The Morgan fingerprint density at radius 3 is 1.73 bits per heavy atom. The van der Waals surface area contributed by atoms with Gasteiger partial charge in [-0.1, -0.05) is 7.43 Å². The van der Waals surface area contributed by atoms with E-state index >= 15 is 0 Å². The van der Waals surface area contributed by atoms with Gasteiger partial charge >= 0.3 is 0 Å². The SMILES string of the molecule is C.CCn1c(C)nnc1C.[V]. The molecule has 0 saturated carbocycles. The van der Waals surface area contributed by atoms with Crippen molar-refractivity contribution < 1.29 is 18.6 Å². The molecule has 0 saturated heterocycles. The van der Waals surface area contributed by atoms with E-state index in [-0.39, 0.29) is 26.0 Å². The van der Waals surface area contributed by atoms with Gasteiger partial charge in [-0.05, 0) is 20.8 Å². The molecule has 0 aliphatic heterocycles. The first-order valence-corrected chi connectivity index (χ1v) is 3.12. The van der Waals surface area contributed by atoms with Crippen molar-refractivity contribution in [3.8, 4) is 0 Å². The molecule has 0 unspecified atom stereocenters. The summed E-state index contributed by atoms with van der Waals surface area (Å²) in [6.45, 7) is 6.97. The van der Waals surface area contributed by atoms with Gasteiger partial charge in [-0.15, -0.1) is 10.2 Å². The van der Waals surface area contributed by atoms with Crippen LogP contribution in [0.3, 0.4) is 0 Å². The summed E-state index contributed by atoms with van der Waals surface area (Å²) in [7, 11) is 0. The minimum Gasteiger partial charge on any atom is -0.316 e. The van der Waals surface area contributed by atoms with Crippen LogP contribution in [0.1, 0.15) is 26.0 Å². The summed E-state index contributed by atoms with van der Waals surface area (Å²) in [6, 6.07) is 0. The Balaban J connectivity index is 0. The molecule has 1 aromatic rings. The smallest absolute Gasteiger partial charge is 0.129 e. The van der Waals surface area contributed by atoms with Crippen molar-refractivity contribution >= 4 is 0 Å². The van der Waals surface area contributed by atoms with Gasteiger partial charge in [0, 0.05) is 25.1 Å².